The number of benzene rings is 2. The number of carbonyl (C=O) groups is 1. The zero-order valence-electron chi connectivity index (χ0n) is 17.8. The van der Waals surface area contributed by atoms with Crippen LogP contribution in [0.5, 0.6) is 5.88 Å². The first kappa shape index (κ1) is 20.7. The monoisotopic (exact) mass is 424 g/mol. The average molecular weight is 425 g/mol. The van der Waals surface area contributed by atoms with Crippen molar-refractivity contribution in [2.45, 2.75) is 45.1 Å². The van der Waals surface area contributed by atoms with E-state index in [0.29, 0.717) is 19.0 Å². The number of nitrogens with zero attached hydrogens (tertiary/aromatic N) is 2. The molecule has 4 rings (SSSR count). The Hall–Kier alpha value is -2.60. The van der Waals surface area contributed by atoms with Gasteiger partial charge in [-0.15, -0.1) is 0 Å². The lowest BCUT2D eigenvalue weighted by Crippen LogP contribution is -2.37. The van der Waals surface area contributed by atoms with Crippen molar-refractivity contribution in [2.24, 2.45) is 0 Å². The lowest BCUT2D eigenvalue weighted by atomic mass is 9.91. The van der Waals surface area contributed by atoms with E-state index >= 15 is 0 Å². The number of carbonyl (C=O) groups excluding carboxylic acids is 1. The standard InChI is InChI=1S/C24H28N2O3S/c1-16(2)29-23-21(15-17-8-9-18-6-4-5-7-20(18)14-17)22(30-25-23)19-10-12-26(13-11-19)24(27)28-3/h4-9,14,16,19H,10-13,15H2,1-3H3. The molecule has 2 aromatic carbocycles. The Labute approximate surface area is 181 Å². The Kier molecular flexibility index (Phi) is 6.23. The van der Waals surface area contributed by atoms with E-state index in [9.17, 15) is 4.79 Å². The van der Waals surface area contributed by atoms with Crippen molar-refractivity contribution in [1.29, 1.82) is 0 Å². The molecule has 1 fully saturated rings. The smallest absolute Gasteiger partial charge is 0.409 e. The number of likely N-dealkylation sites (tertiary alicyclic amines) is 1. The third kappa shape index (κ3) is 4.43. The second-order valence-corrected chi connectivity index (χ2v) is 8.89. The van der Waals surface area contributed by atoms with Gasteiger partial charge in [-0.05, 0) is 60.5 Å². The van der Waals surface area contributed by atoms with Crippen LogP contribution in [-0.4, -0.2) is 41.7 Å². The highest BCUT2D eigenvalue weighted by Gasteiger charge is 2.29. The van der Waals surface area contributed by atoms with E-state index < -0.39 is 0 Å². The molecule has 1 aliphatic heterocycles. The summed E-state index contributed by atoms with van der Waals surface area (Å²) in [5.41, 5.74) is 2.45. The predicted octanol–water partition coefficient (Wildman–Crippen LogP) is 5.62. The summed E-state index contributed by atoms with van der Waals surface area (Å²) in [7, 11) is 1.44. The fourth-order valence-electron chi connectivity index (χ4n) is 4.11. The van der Waals surface area contributed by atoms with Crippen LogP contribution in [-0.2, 0) is 11.2 Å². The van der Waals surface area contributed by atoms with Gasteiger partial charge in [-0.1, -0.05) is 42.5 Å². The van der Waals surface area contributed by atoms with Gasteiger partial charge in [0.2, 0.25) is 5.88 Å². The number of hydrogen-bond donors (Lipinski definition) is 0. The molecule has 5 nitrogen and oxygen atoms in total. The summed E-state index contributed by atoms with van der Waals surface area (Å²) >= 11 is 1.55. The third-order valence-corrected chi connectivity index (χ3v) is 6.66. The van der Waals surface area contributed by atoms with Gasteiger partial charge >= 0.3 is 6.09 Å². The van der Waals surface area contributed by atoms with Crippen molar-refractivity contribution < 1.29 is 14.3 Å². The first-order valence-corrected chi connectivity index (χ1v) is 11.3. The summed E-state index contributed by atoms with van der Waals surface area (Å²) in [5, 5.41) is 2.50. The highest BCUT2D eigenvalue weighted by Crippen LogP contribution is 2.39. The number of amides is 1. The Morgan fingerprint density at radius 2 is 1.90 bits per heavy atom. The van der Waals surface area contributed by atoms with Gasteiger partial charge in [-0.2, -0.15) is 4.37 Å². The first-order valence-electron chi connectivity index (χ1n) is 10.5. The van der Waals surface area contributed by atoms with Gasteiger partial charge in [0.1, 0.15) is 0 Å². The molecule has 0 radical (unpaired) electrons. The zero-order valence-corrected chi connectivity index (χ0v) is 18.6. The molecule has 0 aliphatic carbocycles. The summed E-state index contributed by atoms with van der Waals surface area (Å²) in [6.45, 7) is 5.50. The van der Waals surface area contributed by atoms with Crippen LogP contribution in [0.3, 0.4) is 0 Å². The molecule has 0 saturated carbocycles. The van der Waals surface area contributed by atoms with Gasteiger partial charge in [0.15, 0.2) is 0 Å². The summed E-state index contributed by atoms with van der Waals surface area (Å²) in [6, 6.07) is 15.1. The van der Waals surface area contributed by atoms with E-state index in [4.69, 9.17) is 9.47 Å². The van der Waals surface area contributed by atoms with Crippen LogP contribution in [0.15, 0.2) is 42.5 Å². The van der Waals surface area contributed by atoms with Gasteiger partial charge in [-0.25, -0.2) is 4.79 Å². The van der Waals surface area contributed by atoms with E-state index in [2.05, 4.69) is 46.8 Å². The number of hydrogen-bond acceptors (Lipinski definition) is 5. The summed E-state index contributed by atoms with van der Waals surface area (Å²) in [5.74, 6) is 1.15. The van der Waals surface area contributed by atoms with Crippen LogP contribution >= 0.6 is 11.5 Å². The van der Waals surface area contributed by atoms with Gasteiger partial charge in [0.25, 0.3) is 0 Å². The molecule has 0 N–H and O–H groups in total. The maximum atomic E-state index is 11.8. The minimum atomic E-state index is -0.238. The van der Waals surface area contributed by atoms with Gasteiger partial charge in [0, 0.05) is 30.0 Å². The number of methoxy groups -OCH3 is 1. The molecule has 0 atom stereocenters. The van der Waals surface area contributed by atoms with Crippen molar-refractivity contribution in [3.63, 3.8) is 0 Å². The summed E-state index contributed by atoms with van der Waals surface area (Å²) in [6.07, 6.45) is 2.48. The zero-order chi connectivity index (χ0) is 21.1. The molecule has 1 aromatic heterocycles. The molecule has 1 amide bonds. The average Bonchev–Trinajstić information content (AvgIpc) is 3.14. The van der Waals surface area contributed by atoms with Crippen LogP contribution in [0, 0.1) is 0 Å². The second-order valence-electron chi connectivity index (χ2n) is 8.09. The molecular formula is C24H28N2O3S. The van der Waals surface area contributed by atoms with Crippen molar-refractivity contribution >= 4 is 28.4 Å². The number of piperidine rings is 1. The van der Waals surface area contributed by atoms with Gasteiger partial charge in [-0.3, -0.25) is 0 Å². The van der Waals surface area contributed by atoms with Gasteiger partial charge in [0.05, 0.1) is 13.2 Å². The molecule has 3 aromatic rings. The largest absolute Gasteiger partial charge is 0.474 e. The Bertz CT molecular complexity index is 1020. The first-order chi connectivity index (χ1) is 14.5. The van der Waals surface area contributed by atoms with E-state index in [1.54, 1.807) is 16.4 Å². The fraction of sp³-hybridized carbons (Fsp3) is 0.417. The van der Waals surface area contributed by atoms with E-state index in [-0.39, 0.29) is 12.2 Å². The molecule has 0 spiro atoms. The third-order valence-electron chi connectivity index (χ3n) is 5.62. The maximum absolute atomic E-state index is 11.8. The Balaban J connectivity index is 1.60. The Morgan fingerprint density at radius 1 is 1.17 bits per heavy atom. The van der Waals surface area contributed by atoms with Crippen molar-refractivity contribution in [3.8, 4) is 5.88 Å². The van der Waals surface area contributed by atoms with Crippen LogP contribution in [0.25, 0.3) is 10.8 Å². The molecule has 0 unspecified atom stereocenters. The molecule has 1 saturated heterocycles. The quantitative estimate of drug-likeness (QED) is 0.533. The number of fused-ring (bicyclic) bond motifs is 1. The van der Waals surface area contributed by atoms with Crippen LogP contribution < -0.4 is 4.74 Å². The predicted molar refractivity (Wildman–Crippen MR) is 121 cm³/mol. The molecule has 6 heteroatoms. The van der Waals surface area contributed by atoms with Gasteiger partial charge < -0.3 is 14.4 Å². The molecule has 30 heavy (non-hydrogen) atoms. The minimum Gasteiger partial charge on any atom is -0.474 e. The van der Waals surface area contributed by atoms with Crippen LogP contribution in [0.4, 0.5) is 4.79 Å². The molecule has 2 heterocycles. The van der Waals surface area contributed by atoms with Crippen molar-refractivity contribution in [2.75, 3.05) is 20.2 Å². The lowest BCUT2D eigenvalue weighted by molar-refractivity contribution is 0.112. The van der Waals surface area contributed by atoms with Crippen LogP contribution in [0.1, 0.15) is 48.6 Å². The Morgan fingerprint density at radius 3 is 2.60 bits per heavy atom. The topological polar surface area (TPSA) is 51.7 Å². The fourth-order valence-corrected chi connectivity index (χ4v) is 5.10. The number of ether oxygens (including phenoxy) is 2. The lowest BCUT2D eigenvalue weighted by Gasteiger charge is -2.30. The van der Waals surface area contributed by atoms with E-state index in [1.807, 2.05) is 13.8 Å². The minimum absolute atomic E-state index is 0.0801. The highest BCUT2D eigenvalue weighted by atomic mass is 32.1. The van der Waals surface area contributed by atoms with Crippen molar-refractivity contribution in [1.82, 2.24) is 9.27 Å². The highest BCUT2D eigenvalue weighted by molar-refractivity contribution is 7.06. The summed E-state index contributed by atoms with van der Waals surface area (Å²) in [4.78, 5) is 14.9. The molecule has 158 valence electrons. The number of rotatable bonds is 5. The second kappa shape index (κ2) is 9.04. The molecule has 0 bridgehead atoms. The maximum Gasteiger partial charge on any atom is 0.409 e. The SMILES string of the molecule is COC(=O)N1CCC(c2snc(OC(C)C)c2Cc2ccc3ccccc3c2)CC1. The normalized spacial score (nSPS) is 15.0. The van der Waals surface area contributed by atoms with Crippen molar-refractivity contribution in [3.05, 3.63) is 58.5 Å². The van der Waals surface area contributed by atoms with E-state index in [0.717, 1.165) is 25.1 Å². The van der Waals surface area contributed by atoms with E-state index in [1.165, 1.54) is 33.9 Å². The molecular weight excluding hydrogens is 396 g/mol. The number of aromatic nitrogens is 1. The molecule has 1 aliphatic rings. The summed E-state index contributed by atoms with van der Waals surface area (Å²) < 4.78 is 15.6. The van der Waals surface area contributed by atoms with Crippen LogP contribution in [0.2, 0.25) is 0 Å².